The zero-order valence-electron chi connectivity index (χ0n) is 8.73. The molecule has 2 heterocycles. The first kappa shape index (κ1) is 13.1. The maximum absolute atomic E-state index is 10.5. The molecule has 0 amide bonds. The molecule has 1 fully saturated rings. The van der Waals surface area contributed by atoms with Crippen molar-refractivity contribution in [3.05, 3.63) is 16.1 Å². The molecular formula is C9H11N2NaO2S. The quantitative estimate of drug-likeness (QED) is 0.527. The average molecular weight is 234 g/mol. The number of carboxylic acid groups (broad SMARTS) is 1. The number of carbonyl (C=O) groups excluding carboxylic acids is 1. The molecule has 0 atom stereocenters. The Hall–Kier alpha value is 0.0600. The van der Waals surface area contributed by atoms with Gasteiger partial charge in [0.05, 0.1) is 18.2 Å². The van der Waals surface area contributed by atoms with E-state index in [1.165, 1.54) is 24.2 Å². The molecule has 6 heteroatoms. The summed E-state index contributed by atoms with van der Waals surface area (Å²) in [6.07, 6.45) is 2.47. The standard InChI is InChI=1S/C9H12N2O2S.Na/c12-9(13)7-6-14-8(10-7)5-11-3-1-2-4-11;/h6H,1-5H2,(H,12,13);/q;+1/p-1. The molecule has 0 spiro atoms. The monoisotopic (exact) mass is 234 g/mol. The van der Waals surface area contributed by atoms with Crippen molar-refractivity contribution in [2.75, 3.05) is 13.1 Å². The summed E-state index contributed by atoms with van der Waals surface area (Å²) in [4.78, 5) is 16.7. The van der Waals surface area contributed by atoms with Gasteiger partial charge in [0.15, 0.2) is 0 Å². The van der Waals surface area contributed by atoms with Crippen LogP contribution >= 0.6 is 11.3 Å². The van der Waals surface area contributed by atoms with E-state index in [0.717, 1.165) is 24.6 Å². The fourth-order valence-electron chi connectivity index (χ4n) is 1.61. The molecule has 0 aliphatic carbocycles. The first-order valence-corrected chi connectivity index (χ1v) is 5.52. The largest absolute Gasteiger partial charge is 1.00 e. The van der Waals surface area contributed by atoms with Gasteiger partial charge in [-0.25, -0.2) is 4.98 Å². The number of thiazole rings is 1. The Kier molecular flexibility index (Phi) is 5.22. The molecule has 4 nitrogen and oxygen atoms in total. The van der Waals surface area contributed by atoms with Crippen molar-refractivity contribution < 1.29 is 39.5 Å². The van der Waals surface area contributed by atoms with Crippen molar-refractivity contribution in [2.45, 2.75) is 19.4 Å². The van der Waals surface area contributed by atoms with Gasteiger partial charge in [-0.2, -0.15) is 0 Å². The Morgan fingerprint density at radius 1 is 1.53 bits per heavy atom. The molecule has 1 aromatic heterocycles. The molecular weight excluding hydrogens is 223 g/mol. The van der Waals surface area contributed by atoms with E-state index < -0.39 is 5.97 Å². The van der Waals surface area contributed by atoms with Crippen LogP contribution in [0.2, 0.25) is 0 Å². The van der Waals surface area contributed by atoms with Gasteiger partial charge in [0, 0.05) is 5.38 Å². The summed E-state index contributed by atoms with van der Waals surface area (Å²) in [5.41, 5.74) is 0.0594. The summed E-state index contributed by atoms with van der Waals surface area (Å²) >= 11 is 1.39. The second kappa shape index (κ2) is 5.96. The van der Waals surface area contributed by atoms with Crippen molar-refractivity contribution in [3.8, 4) is 0 Å². The van der Waals surface area contributed by atoms with E-state index >= 15 is 0 Å². The first-order chi connectivity index (χ1) is 6.75. The van der Waals surface area contributed by atoms with E-state index in [1.807, 2.05) is 0 Å². The van der Waals surface area contributed by atoms with Crippen LogP contribution in [0.15, 0.2) is 5.38 Å². The third kappa shape index (κ3) is 3.53. The SMILES string of the molecule is O=C([O-])c1csc(CN2CCCC2)n1.[Na+]. The molecule has 2 rings (SSSR count). The fraction of sp³-hybridized carbons (Fsp3) is 0.556. The third-order valence-electron chi connectivity index (χ3n) is 2.32. The van der Waals surface area contributed by atoms with Gasteiger partial charge < -0.3 is 9.90 Å². The molecule has 0 N–H and O–H groups in total. The van der Waals surface area contributed by atoms with Crippen LogP contribution in [-0.2, 0) is 6.54 Å². The Labute approximate surface area is 115 Å². The summed E-state index contributed by atoms with van der Waals surface area (Å²) in [6, 6.07) is 0. The van der Waals surface area contributed by atoms with Crippen LogP contribution in [-0.4, -0.2) is 28.9 Å². The van der Waals surface area contributed by atoms with Crippen LogP contribution in [0.1, 0.15) is 28.3 Å². The van der Waals surface area contributed by atoms with Crippen molar-refractivity contribution in [3.63, 3.8) is 0 Å². The number of aromatic nitrogens is 1. The van der Waals surface area contributed by atoms with E-state index in [9.17, 15) is 9.90 Å². The minimum atomic E-state index is -1.19. The van der Waals surface area contributed by atoms with Crippen LogP contribution in [0.25, 0.3) is 0 Å². The fourth-order valence-corrected chi connectivity index (χ4v) is 2.41. The molecule has 0 bridgehead atoms. The number of aromatic carboxylic acids is 1. The molecule has 0 saturated carbocycles. The normalized spacial score (nSPS) is 16.3. The van der Waals surface area contributed by atoms with Crippen LogP contribution in [0.4, 0.5) is 0 Å². The average Bonchev–Trinajstić information content (AvgIpc) is 2.75. The summed E-state index contributed by atoms with van der Waals surface area (Å²) < 4.78 is 0. The molecule has 0 unspecified atom stereocenters. The van der Waals surface area contributed by atoms with E-state index in [2.05, 4.69) is 9.88 Å². The van der Waals surface area contributed by atoms with Gasteiger partial charge in [-0.1, -0.05) is 0 Å². The van der Waals surface area contributed by atoms with E-state index in [-0.39, 0.29) is 35.3 Å². The Morgan fingerprint density at radius 3 is 2.73 bits per heavy atom. The first-order valence-electron chi connectivity index (χ1n) is 4.64. The zero-order chi connectivity index (χ0) is 9.97. The molecule has 15 heavy (non-hydrogen) atoms. The van der Waals surface area contributed by atoms with Crippen LogP contribution < -0.4 is 34.7 Å². The minimum absolute atomic E-state index is 0. The Bertz CT molecular complexity index is 337. The molecule has 0 aromatic carbocycles. The van der Waals surface area contributed by atoms with Crippen LogP contribution in [0, 0.1) is 0 Å². The molecule has 1 aliphatic rings. The zero-order valence-corrected chi connectivity index (χ0v) is 11.5. The summed E-state index contributed by atoms with van der Waals surface area (Å²) in [6.45, 7) is 2.97. The number of carbonyl (C=O) groups is 1. The van der Waals surface area contributed by atoms with Crippen molar-refractivity contribution in [2.24, 2.45) is 0 Å². The summed E-state index contributed by atoms with van der Waals surface area (Å²) in [7, 11) is 0. The predicted octanol–water partition coefficient (Wildman–Crippen LogP) is -2.89. The number of hydrogen-bond acceptors (Lipinski definition) is 5. The third-order valence-corrected chi connectivity index (χ3v) is 3.15. The Balaban J connectivity index is 0.00000112. The van der Waals surface area contributed by atoms with Crippen molar-refractivity contribution in [1.29, 1.82) is 0 Å². The second-order valence-electron chi connectivity index (χ2n) is 3.40. The summed E-state index contributed by atoms with van der Waals surface area (Å²) in [5, 5.41) is 12.9. The van der Waals surface area contributed by atoms with E-state index in [0.29, 0.717) is 0 Å². The van der Waals surface area contributed by atoms with Crippen molar-refractivity contribution in [1.82, 2.24) is 9.88 Å². The number of likely N-dealkylation sites (tertiary alicyclic amines) is 1. The maximum atomic E-state index is 10.5. The minimum Gasteiger partial charge on any atom is -0.543 e. The van der Waals surface area contributed by atoms with Gasteiger partial charge in [0.25, 0.3) is 0 Å². The van der Waals surface area contributed by atoms with Gasteiger partial charge in [-0.15, -0.1) is 11.3 Å². The van der Waals surface area contributed by atoms with Gasteiger partial charge in [-0.05, 0) is 25.9 Å². The van der Waals surface area contributed by atoms with E-state index in [1.54, 1.807) is 5.38 Å². The van der Waals surface area contributed by atoms with Crippen LogP contribution in [0.3, 0.4) is 0 Å². The smallest absolute Gasteiger partial charge is 0.543 e. The second-order valence-corrected chi connectivity index (χ2v) is 4.34. The topological polar surface area (TPSA) is 56.3 Å². The van der Waals surface area contributed by atoms with Crippen molar-refractivity contribution >= 4 is 17.3 Å². The van der Waals surface area contributed by atoms with Gasteiger partial charge in [0.2, 0.25) is 0 Å². The molecule has 1 saturated heterocycles. The number of nitrogens with zero attached hydrogens (tertiary/aromatic N) is 2. The molecule has 76 valence electrons. The number of hydrogen-bond donors (Lipinski definition) is 0. The van der Waals surface area contributed by atoms with Crippen LogP contribution in [0.5, 0.6) is 0 Å². The van der Waals surface area contributed by atoms with Gasteiger partial charge >= 0.3 is 29.6 Å². The Morgan fingerprint density at radius 2 is 2.20 bits per heavy atom. The van der Waals surface area contributed by atoms with E-state index in [4.69, 9.17) is 0 Å². The molecule has 1 aromatic rings. The van der Waals surface area contributed by atoms with Gasteiger partial charge in [-0.3, -0.25) is 4.90 Å². The summed E-state index contributed by atoms with van der Waals surface area (Å²) in [5.74, 6) is -1.19. The van der Waals surface area contributed by atoms with Gasteiger partial charge in [0.1, 0.15) is 5.01 Å². The maximum Gasteiger partial charge on any atom is 1.00 e. The number of carboxylic acids is 1. The molecule has 0 radical (unpaired) electrons. The molecule has 1 aliphatic heterocycles. The predicted molar refractivity (Wildman–Crippen MR) is 51.0 cm³/mol. The number of rotatable bonds is 3.